The highest BCUT2D eigenvalue weighted by Crippen LogP contribution is 2.21. The van der Waals surface area contributed by atoms with Gasteiger partial charge in [-0.1, -0.05) is 12.1 Å². The van der Waals surface area contributed by atoms with Crippen molar-refractivity contribution in [2.75, 3.05) is 0 Å². The fraction of sp³-hybridized carbons (Fsp3) is 0.294. The normalized spacial score (nSPS) is 10.6. The van der Waals surface area contributed by atoms with Gasteiger partial charge in [-0.05, 0) is 62.6 Å². The largest absolute Gasteiger partial charge is 0.308 e. The zero-order valence-electron chi connectivity index (χ0n) is 12.4. The second kappa shape index (κ2) is 5.45. The van der Waals surface area contributed by atoms with E-state index in [1.807, 2.05) is 25.1 Å². The predicted molar refractivity (Wildman–Crippen MR) is 81.3 cm³/mol. The van der Waals surface area contributed by atoms with Gasteiger partial charge < -0.3 is 4.57 Å². The minimum atomic E-state index is -0.212. The number of benzene rings is 1. The van der Waals surface area contributed by atoms with Crippen LogP contribution in [0.25, 0.3) is 11.3 Å². The molecule has 1 aromatic heterocycles. The molecule has 2 rings (SSSR count). The molecule has 0 aliphatic heterocycles. The Bertz CT molecular complexity index is 726. The molecule has 0 radical (unpaired) electrons. The number of hydrogen-bond acceptors (Lipinski definition) is 2. The van der Waals surface area contributed by atoms with E-state index >= 15 is 0 Å². The molecule has 0 amide bonds. The standard InChI is InChI=1S/C17H19NO2/c1-5-18-16(9-8-15(13(4)19)17(18)20)14-7-6-11(2)12(3)10-14/h6-10H,5H2,1-4H3. The Morgan fingerprint density at radius 3 is 2.35 bits per heavy atom. The Balaban J connectivity index is 2.68. The quantitative estimate of drug-likeness (QED) is 0.801. The lowest BCUT2D eigenvalue weighted by Crippen LogP contribution is -2.26. The van der Waals surface area contributed by atoms with E-state index in [9.17, 15) is 9.59 Å². The van der Waals surface area contributed by atoms with E-state index < -0.39 is 0 Å². The van der Waals surface area contributed by atoms with Gasteiger partial charge in [-0.3, -0.25) is 9.59 Å². The molecule has 2 aromatic rings. The summed E-state index contributed by atoms with van der Waals surface area (Å²) in [5.74, 6) is -0.191. The number of ketones is 1. The number of pyridine rings is 1. The highest BCUT2D eigenvalue weighted by atomic mass is 16.1. The van der Waals surface area contributed by atoms with Gasteiger partial charge in [0, 0.05) is 6.54 Å². The Morgan fingerprint density at radius 1 is 1.10 bits per heavy atom. The molecule has 1 heterocycles. The van der Waals surface area contributed by atoms with Gasteiger partial charge in [-0.25, -0.2) is 0 Å². The van der Waals surface area contributed by atoms with Crippen molar-refractivity contribution >= 4 is 5.78 Å². The van der Waals surface area contributed by atoms with Crippen molar-refractivity contribution in [2.45, 2.75) is 34.2 Å². The van der Waals surface area contributed by atoms with E-state index in [4.69, 9.17) is 0 Å². The molecule has 0 atom stereocenters. The summed E-state index contributed by atoms with van der Waals surface area (Å²) < 4.78 is 1.65. The molecule has 0 aliphatic rings. The maximum Gasteiger partial charge on any atom is 0.261 e. The molecule has 0 saturated carbocycles. The van der Waals surface area contributed by atoms with E-state index in [0.717, 1.165) is 11.3 Å². The first-order valence-electron chi connectivity index (χ1n) is 6.78. The molecule has 20 heavy (non-hydrogen) atoms. The number of nitrogens with zero attached hydrogens (tertiary/aromatic N) is 1. The monoisotopic (exact) mass is 269 g/mol. The van der Waals surface area contributed by atoms with Crippen LogP contribution in [0, 0.1) is 13.8 Å². The van der Waals surface area contributed by atoms with Crippen molar-refractivity contribution < 1.29 is 4.79 Å². The van der Waals surface area contributed by atoms with Crippen molar-refractivity contribution in [3.63, 3.8) is 0 Å². The third-order valence-electron chi connectivity index (χ3n) is 3.67. The summed E-state index contributed by atoms with van der Waals surface area (Å²) in [6, 6.07) is 9.61. The van der Waals surface area contributed by atoms with Gasteiger partial charge in [0.05, 0.1) is 11.3 Å². The topological polar surface area (TPSA) is 39.1 Å². The zero-order chi connectivity index (χ0) is 14.9. The van der Waals surface area contributed by atoms with E-state index in [2.05, 4.69) is 19.9 Å². The van der Waals surface area contributed by atoms with Gasteiger partial charge in [0.2, 0.25) is 0 Å². The van der Waals surface area contributed by atoms with E-state index in [1.165, 1.54) is 18.1 Å². The van der Waals surface area contributed by atoms with Crippen LogP contribution in [0.2, 0.25) is 0 Å². The van der Waals surface area contributed by atoms with Gasteiger partial charge in [0.15, 0.2) is 5.78 Å². The summed E-state index contributed by atoms with van der Waals surface area (Å²) in [5.41, 5.74) is 4.30. The number of rotatable bonds is 3. The summed E-state index contributed by atoms with van der Waals surface area (Å²) >= 11 is 0. The lowest BCUT2D eigenvalue weighted by molar-refractivity contribution is 0.101. The minimum absolute atomic E-state index is 0.191. The molecule has 104 valence electrons. The second-order valence-corrected chi connectivity index (χ2v) is 5.04. The lowest BCUT2D eigenvalue weighted by atomic mass is 10.0. The number of carbonyl (C=O) groups excluding carboxylic acids is 1. The van der Waals surface area contributed by atoms with Crippen LogP contribution in [-0.2, 0) is 6.54 Å². The summed E-state index contributed by atoms with van der Waals surface area (Å²) in [6.45, 7) is 7.99. The number of carbonyl (C=O) groups is 1. The van der Waals surface area contributed by atoms with Gasteiger partial charge in [-0.15, -0.1) is 0 Å². The number of aryl methyl sites for hydroxylation is 2. The van der Waals surface area contributed by atoms with Crippen molar-refractivity contribution in [3.8, 4) is 11.3 Å². The van der Waals surface area contributed by atoms with Crippen LogP contribution in [0.4, 0.5) is 0 Å². The van der Waals surface area contributed by atoms with Crippen molar-refractivity contribution in [3.05, 3.63) is 57.4 Å². The van der Waals surface area contributed by atoms with Gasteiger partial charge in [0.25, 0.3) is 5.56 Å². The molecule has 0 aliphatic carbocycles. The molecular formula is C17H19NO2. The van der Waals surface area contributed by atoms with Crippen LogP contribution in [0.1, 0.15) is 35.3 Å². The molecule has 0 spiro atoms. The zero-order valence-corrected chi connectivity index (χ0v) is 12.4. The first kappa shape index (κ1) is 14.3. The van der Waals surface area contributed by atoms with E-state index in [0.29, 0.717) is 6.54 Å². The van der Waals surface area contributed by atoms with Gasteiger partial charge in [0.1, 0.15) is 0 Å². The molecule has 3 heteroatoms. The molecule has 0 saturated heterocycles. The average molecular weight is 269 g/mol. The molecule has 0 fully saturated rings. The Hall–Kier alpha value is -2.16. The molecule has 1 aromatic carbocycles. The van der Waals surface area contributed by atoms with Crippen molar-refractivity contribution in [1.29, 1.82) is 0 Å². The smallest absolute Gasteiger partial charge is 0.261 e. The fourth-order valence-electron chi connectivity index (χ4n) is 2.31. The summed E-state index contributed by atoms with van der Waals surface area (Å²) in [5, 5.41) is 0. The third kappa shape index (κ3) is 2.44. The highest BCUT2D eigenvalue weighted by Gasteiger charge is 2.12. The Morgan fingerprint density at radius 2 is 1.80 bits per heavy atom. The van der Waals surface area contributed by atoms with Crippen LogP contribution in [0.3, 0.4) is 0 Å². The molecule has 0 bridgehead atoms. The summed E-state index contributed by atoms with van der Waals surface area (Å²) in [4.78, 5) is 23.8. The molecular weight excluding hydrogens is 250 g/mol. The van der Waals surface area contributed by atoms with Crippen LogP contribution in [-0.4, -0.2) is 10.4 Å². The minimum Gasteiger partial charge on any atom is -0.308 e. The van der Waals surface area contributed by atoms with Crippen LogP contribution >= 0.6 is 0 Å². The van der Waals surface area contributed by atoms with Crippen LogP contribution in [0.15, 0.2) is 35.1 Å². The first-order valence-corrected chi connectivity index (χ1v) is 6.78. The van der Waals surface area contributed by atoms with Crippen molar-refractivity contribution in [1.82, 2.24) is 4.57 Å². The third-order valence-corrected chi connectivity index (χ3v) is 3.67. The predicted octanol–water partition coefficient (Wildman–Crippen LogP) is 3.35. The van der Waals surface area contributed by atoms with Gasteiger partial charge >= 0.3 is 0 Å². The van der Waals surface area contributed by atoms with Gasteiger partial charge in [-0.2, -0.15) is 0 Å². The highest BCUT2D eigenvalue weighted by molar-refractivity contribution is 5.94. The SMILES string of the molecule is CCn1c(-c2ccc(C)c(C)c2)ccc(C(C)=O)c1=O. The Labute approximate surface area is 118 Å². The number of Topliss-reactive ketones (excluding diaryl/α,β-unsaturated/α-hetero) is 1. The first-order chi connectivity index (χ1) is 9.45. The maximum atomic E-state index is 12.3. The van der Waals surface area contributed by atoms with E-state index in [-0.39, 0.29) is 16.9 Å². The average Bonchev–Trinajstić information content (AvgIpc) is 2.41. The van der Waals surface area contributed by atoms with E-state index in [1.54, 1.807) is 10.6 Å². The van der Waals surface area contributed by atoms with Crippen LogP contribution < -0.4 is 5.56 Å². The lowest BCUT2D eigenvalue weighted by Gasteiger charge is -2.13. The molecule has 3 nitrogen and oxygen atoms in total. The fourth-order valence-corrected chi connectivity index (χ4v) is 2.31. The maximum absolute atomic E-state index is 12.3. The second-order valence-electron chi connectivity index (χ2n) is 5.04. The summed E-state index contributed by atoms with van der Waals surface area (Å²) in [7, 11) is 0. The van der Waals surface area contributed by atoms with Crippen LogP contribution in [0.5, 0.6) is 0 Å². The molecule has 0 unspecified atom stereocenters. The Kier molecular flexibility index (Phi) is 3.89. The van der Waals surface area contributed by atoms with Crippen molar-refractivity contribution in [2.24, 2.45) is 0 Å². The number of aromatic nitrogens is 1. The molecule has 0 N–H and O–H groups in total. The number of hydrogen-bond donors (Lipinski definition) is 0. The summed E-state index contributed by atoms with van der Waals surface area (Å²) in [6.07, 6.45) is 0.